The van der Waals surface area contributed by atoms with Crippen LogP contribution < -0.4 is 24.8 Å². The van der Waals surface area contributed by atoms with Crippen molar-refractivity contribution in [3.8, 4) is 22.8 Å². The number of sulfonamides is 1. The van der Waals surface area contributed by atoms with Gasteiger partial charge in [-0.15, -0.1) is 0 Å². The van der Waals surface area contributed by atoms with Crippen molar-refractivity contribution >= 4 is 44.3 Å². The van der Waals surface area contributed by atoms with Crippen molar-refractivity contribution in [2.24, 2.45) is 5.92 Å². The first kappa shape index (κ1) is 38.4. The summed E-state index contributed by atoms with van der Waals surface area (Å²) in [5.41, 5.74) is 1.57. The summed E-state index contributed by atoms with van der Waals surface area (Å²) in [6.45, 7) is 1.73. The zero-order valence-corrected chi connectivity index (χ0v) is 33.1. The van der Waals surface area contributed by atoms with Crippen LogP contribution in [-0.2, 0) is 24.4 Å². The lowest BCUT2D eigenvalue weighted by molar-refractivity contribution is -0.140. The van der Waals surface area contributed by atoms with Gasteiger partial charge in [0.05, 0.1) is 29.6 Å². The molecule has 298 valence electrons. The van der Waals surface area contributed by atoms with Crippen LogP contribution in [0.4, 0.5) is 5.69 Å². The Hall–Kier alpha value is -5.43. The van der Waals surface area contributed by atoms with Gasteiger partial charge in [0.1, 0.15) is 35.2 Å². The van der Waals surface area contributed by atoms with Crippen LogP contribution >= 0.6 is 0 Å². The molecule has 2 aliphatic carbocycles. The number of carbonyl (C=O) groups is 3. The van der Waals surface area contributed by atoms with Crippen LogP contribution in [0.15, 0.2) is 97.1 Å². The SMILES string of the molecule is COc1ccc2c(O[C@@H]3C[C@H]4C(=O)N[C@]5(C(=O)NS(=O)(=O)C6(C)CC6)C[C@@H]5/C=C\CCCCC[C@H](Nc5ccccc5)C(=O)N4C3)cc(-c3ccccc3)nc2c1. The minimum Gasteiger partial charge on any atom is -0.497 e. The number of carbonyl (C=O) groups excluding carboxylic acids is 3. The minimum atomic E-state index is -3.96. The molecule has 3 fully saturated rings. The monoisotopic (exact) mass is 791 g/mol. The van der Waals surface area contributed by atoms with E-state index >= 15 is 0 Å². The molecule has 2 aliphatic heterocycles. The van der Waals surface area contributed by atoms with E-state index in [1.165, 1.54) is 0 Å². The van der Waals surface area contributed by atoms with Gasteiger partial charge in [0, 0.05) is 41.1 Å². The lowest BCUT2D eigenvalue weighted by Crippen LogP contribution is -2.58. The topological polar surface area (TPSA) is 156 Å². The molecule has 13 heteroatoms. The molecule has 1 saturated heterocycles. The molecule has 3 heterocycles. The van der Waals surface area contributed by atoms with Crippen molar-refractivity contribution in [1.29, 1.82) is 0 Å². The number of anilines is 1. The number of fused-ring (bicyclic) bond motifs is 3. The molecule has 57 heavy (non-hydrogen) atoms. The molecule has 8 rings (SSSR count). The fourth-order valence-electron chi connectivity index (χ4n) is 8.02. The van der Waals surface area contributed by atoms with Crippen molar-refractivity contribution in [2.45, 2.75) is 93.2 Å². The molecule has 3 aromatic carbocycles. The van der Waals surface area contributed by atoms with E-state index in [1.807, 2.05) is 97.1 Å². The van der Waals surface area contributed by atoms with Crippen LogP contribution in [-0.4, -0.2) is 78.2 Å². The number of hydrogen-bond donors (Lipinski definition) is 3. The highest BCUT2D eigenvalue weighted by Gasteiger charge is 2.63. The lowest BCUT2D eigenvalue weighted by atomic mass is 10.0. The van der Waals surface area contributed by atoms with Crippen molar-refractivity contribution in [2.75, 3.05) is 19.0 Å². The molecule has 0 bridgehead atoms. The van der Waals surface area contributed by atoms with Gasteiger partial charge in [0.2, 0.25) is 21.8 Å². The first-order valence-corrected chi connectivity index (χ1v) is 21.4. The van der Waals surface area contributed by atoms with Crippen molar-refractivity contribution < 1.29 is 32.3 Å². The summed E-state index contributed by atoms with van der Waals surface area (Å²) in [6, 6.07) is 25.1. The molecule has 3 amide bonds. The average molecular weight is 792 g/mol. The molecular weight excluding hydrogens is 743 g/mol. The quantitative estimate of drug-likeness (QED) is 0.170. The normalized spacial score (nSPS) is 26.5. The molecule has 4 aromatic rings. The number of pyridine rings is 1. The zero-order chi connectivity index (χ0) is 39.8. The molecule has 3 N–H and O–H groups in total. The fourth-order valence-corrected chi connectivity index (χ4v) is 9.33. The molecular formula is C44H49N5O7S. The number of amides is 3. The number of allylic oxidation sites excluding steroid dienone is 1. The van der Waals surface area contributed by atoms with Crippen molar-refractivity contribution in [1.82, 2.24) is 19.9 Å². The first-order valence-electron chi connectivity index (χ1n) is 19.9. The van der Waals surface area contributed by atoms with Gasteiger partial charge in [-0.25, -0.2) is 13.4 Å². The summed E-state index contributed by atoms with van der Waals surface area (Å²) < 4.78 is 40.1. The first-order chi connectivity index (χ1) is 27.5. The van der Waals surface area contributed by atoms with Crippen LogP contribution in [0, 0.1) is 5.92 Å². The Labute approximate surface area is 333 Å². The number of nitrogens with zero attached hydrogens (tertiary/aromatic N) is 2. The molecule has 1 aromatic heterocycles. The lowest BCUT2D eigenvalue weighted by Gasteiger charge is -2.30. The van der Waals surface area contributed by atoms with Crippen molar-refractivity contribution in [3.05, 3.63) is 97.1 Å². The third-order valence-corrected chi connectivity index (χ3v) is 14.1. The summed E-state index contributed by atoms with van der Waals surface area (Å²) in [5.74, 6) is -0.732. The average Bonchev–Trinajstić information content (AvgIpc) is 4.10. The van der Waals surface area contributed by atoms with Gasteiger partial charge in [-0.05, 0) is 69.7 Å². The highest BCUT2D eigenvalue weighted by Crippen LogP contribution is 2.47. The van der Waals surface area contributed by atoms with Crippen LogP contribution in [0.5, 0.6) is 11.5 Å². The number of hydrogen-bond acceptors (Lipinski definition) is 9. The zero-order valence-electron chi connectivity index (χ0n) is 32.3. The Morgan fingerprint density at radius 2 is 1.72 bits per heavy atom. The van der Waals surface area contributed by atoms with Gasteiger partial charge in [-0.3, -0.25) is 19.1 Å². The summed E-state index contributed by atoms with van der Waals surface area (Å²) in [7, 11) is -2.37. The van der Waals surface area contributed by atoms with E-state index in [0.29, 0.717) is 42.0 Å². The fraction of sp³-hybridized carbons (Fsp3) is 0.409. The maximum absolute atomic E-state index is 14.8. The summed E-state index contributed by atoms with van der Waals surface area (Å²) in [4.78, 5) is 49.9. The van der Waals surface area contributed by atoms with E-state index in [4.69, 9.17) is 14.5 Å². The number of methoxy groups -OCH3 is 1. The third-order valence-electron chi connectivity index (χ3n) is 11.9. The van der Waals surface area contributed by atoms with E-state index in [0.717, 1.165) is 42.3 Å². The second-order valence-electron chi connectivity index (χ2n) is 16.0. The van der Waals surface area contributed by atoms with Gasteiger partial charge in [0.25, 0.3) is 5.91 Å². The second-order valence-corrected chi connectivity index (χ2v) is 18.2. The van der Waals surface area contributed by atoms with Gasteiger partial charge in [0.15, 0.2) is 0 Å². The van der Waals surface area contributed by atoms with Crippen LogP contribution in [0.25, 0.3) is 22.2 Å². The second kappa shape index (κ2) is 15.5. The number of rotatable bonds is 9. The summed E-state index contributed by atoms with van der Waals surface area (Å²) in [6.07, 6.45) is 8.51. The highest BCUT2D eigenvalue weighted by molar-refractivity contribution is 7.91. The molecule has 0 radical (unpaired) electrons. The Balaban J connectivity index is 1.14. The molecule has 2 saturated carbocycles. The smallest absolute Gasteiger partial charge is 0.259 e. The highest BCUT2D eigenvalue weighted by atomic mass is 32.2. The predicted molar refractivity (Wildman–Crippen MR) is 218 cm³/mol. The van der Waals surface area contributed by atoms with Gasteiger partial charge in [-0.2, -0.15) is 0 Å². The predicted octanol–water partition coefficient (Wildman–Crippen LogP) is 6.13. The Morgan fingerprint density at radius 1 is 0.965 bits per heavy atom. The van der Waals surface area contributed by atoms with Gasteiger partial charge < -0.3 is 25.0 Å². The Kier molecular flexibility index (Phi) is 10.4. The standard InChI is InChI=1S/C44H49N5O7S/c1-43(22-23-43)57(53,54)48-42(52)44-27-30(44)16-10-4-3-5-13-19-35(45-31-17-11-7-12-18-31)41(51)49-28-33(25-38(49)40(50)47-44)56-39-26-36(29-14-8-6-9-15-29)46-37-24-32(55-2)20-21-34(37)39/h6-12,14-18,20-21,24,26,30,33,35,38,45H,3-5,13,19,22-23,25,27-28H2,1-2H3,(H,47,50)(H,48,52)/b16-10-/t30-,33+,35-,38-,44+/m0/s1. The number of para-hydroxylation sites is 1. The molecule has 4 aliphatic rings. The van der Waals surface area contributed by atoms with E-state index in [-0.39, 0.29) is 25.3 Å². The Morgan fingerprint density at radius 3 is 2.46 bits per heavy atom. The number of benzene rings is 3. The number of nitrogens with one attached hydrogen (secondary N) is 3. The molecule has 5 atom stereocenters. The summed E-state index contributed by atoms with van der Waals surface area (Å²) >= 11 is 0. The summed E-state index contributed by atoms with van der Waals surface area (Å²) in [5, 5.41) is 7.16. The minimum absolute atomic E-state index is 0.111. The van der Waals surface area contributed by atoms with E-state index in [1.54, 1.807) is 18.9 Å². The van der Waals surface area contributed by atoms with E-state index in [2.05, 4.69) is 15.4 Å². The van der Waals surface area contributed by atoms with Crippen LogP contribution in [0.1, 0.15) is 64.7 Å². The van der Waals surface area contributed by atoms with Crippen LogP contribution in [0.2, 0.25) is 0 Å². The largest absolute Gasteiger partial charge is 0.497 e. The van der Waals surface area contributed by atoms with Crippen LogP contribution in [0.3, 0.4) is 0 Å². The number of ether oxygens (including phenoxy) is 2. The molecule has 0 unspecified atom stereocenters. The molecule has 0 spiro atoms. The van der Waals surface area contributed by atoms with E-state index in [9.17, 15) is 22.8 Å². The third kappa shape index (κ3) is 7.94. The number of aromatic nitrogens is 1. The van der Waals surface area contributed by atoms with Crippen molar-refractivity contribution in [3.63, 3.8) is 0 Å². The van der Waals surface area contributed by atoms with Gasteiger partial charge in [-0.1, -0.05) is 73.5 Å². The maximum atomic E-state index is 14.8. The van der Waals surface area contributed by atoms with E-state index < -0.39 is 56.2 Å². The Bertz CT molecular complexity index is 2300. The molecule has 12 nitrogen and oxygen atoms in total. The van der Waals surface area contributed by atoms with Gasteiger partial charge >= 0.3 is 0 Å². The maximum Gasteiger partial charge on any atom is 0.259 e.